The van der Waals surface area contributed by atoms with Gasteiger partial charge >= 0.3 is 0 Å². The van der Waals surface area contributed by atoms with Crippen LogP contribution in [0, 0.1) is 10.1 Å². The summed E-state index contributed by atoms with van der Waals surface area (Å²) in [6.45, 7) is 4.68. The predicted octanol–water partition coefficient (Wildman–Crippen LogP) is 5.66. The van der Waals surface area contributed by atoms with E-state index in [1.54, 1.807) is 0 Å². The summed E-state index contributed by atoms with van der Waals surface area (Å²) >= 11 is 0. The molecule has 0 amide bonds. The van der Waals surface area contributed by atoms with Crippen molar-refractivity contribution < 1.29 is 14.6 Å². The molecule has 3 aromatic carbocycles. The number of aromatic hydroxyl groups is 1. The molecule has 0 radical (unpaired) electrons. The van der Waals surface area contributed by atoms with Gasteiger partial charge in [0.05, 0.1) is 15.9 Å². The van der Waals surface area contributed by atoms with Crippen LogP contribution in [0.15, 0.2) is 72.8 Å². The zero-order valence-corrected chi connectivity index (χ0v) is 19.3. The lowest BCUT2D eigenvalue weighted by Crippen LogP contribution is -2.27. The second-order valence-electron chi connectivity index (χ2n) is 9.00. The molecule has 0 saturated heterocycles. The Bertz CT molecular complexity index is 1270. The lowest BCUT2D eigenvalue weighted by atomic mass is 9.81. The maximum atomic E-state index is 11.3. The van der Waals surface area contributed by atoms with Crippen LogP contribution >= 0.6 is 0 Å². The van der Waals surface area contributed by atoms with Crippen LogP contribution in [-0.4, -0.2) is 34.4 Å². The maximum absolute atomic E-state index is 11.3. The second-order valence-corrected chi connectivity index (χ2v) is 9.00. The van der Waals surface area contributed by atoms with Gasteiger partial charge in [-0.25, -0.2) is 0 Å². The van der Waals surface area contributed by atoms with Gasteiger partial charge in [-0.15, -0.1) is 0 Å². The molecule has 0 unspecified atom stereocenters. The molecule has 0 spiro atoms. The number of phenolic OH excluding ortho intramolecular Hbond substituents is 1. The Morgan fingerprint density at radius 2 is 1.73 bits per heavy atom. The highest BCUT2D eigenvalue weighted by molar-refractivity contribution is 6.05. The Morgan fingerprint density at radius 3 is 2.39 bits per heavy atom. The number of allylic oxidation sites excluding steroid dienone is 1. The summed E-state index contributed by atoms with van der Waals surface area (Å²) in [5, 5.41) is 21.7. The van der Waals surface area contributed by atoms with Gasteiger partial charge in [-0.05, 0) is 43.7 Å². The molecule has 6 nitrogen and oxygen atoms in total. The van der Waals surface area contributed by atoms with Crippen LogP contribution in [0.5, 0.6) is 5.75 Å². The molecular weight excluding hydrogens is 414 g/mol. The molecule has 0 fully saturated rings. The van der Waals surface area contributed by atoms with Gasteiger partial charge in [-0.1, -0.05) is 30.3 Å². The van der Waals surface area contributed by atoms with Crippen molar-refractivity contribution in [1.29, 1.82) is 0 Å². The predicted molar refractivity (Wildman–Crippen MR) is 133 cm³/mol. The van der Waals surface area contributed by atoms with E-state index in [4.69, 9.17) is 0 Å². The van der Waals surface area contributed by atoms with Crippen LogP contribution in [-0.2, 0) is 12.0 Å². The van der Waals surface area contributed by atoms with Crippen LogP contribution in [0.4, 0.5) is 17.1 Å². The van der Waals surface area contributed by atoms with Gasteiger partial charge in [0.25, 0.3) is 5.69 Å². The van der Waals surface area contributed by atoms with E-state index in [-0.39, 0.29) is 16.9 Å². The Hall–Kier alpha value is -3.93. The van der Waals surface area contributed by atoms with Crippen molar-refractivity contribution in [3.05, 3.63) is 99.6 Å². The van der Waals surface area contributed by atoms with Crippen LogP contribution in [0.2, 0.25) is 0 Å². The number of benzene rings is 3. The molecular formula is C27H28N3O3+. The number of nitrogens with zero attached hydrogens (tertiary/aromatic N) is 3. The number of rotatable bonds is 6. The van der Waals surface area contributed by atoms with Gasteiger partial charge in [0.1, 0.15) is 5.75 Å². The molecule has 4 rings (SSSR count). The molecule has 0 saturated carbocycles. The molecule has 0 aliphatic carbocycles. The smallest absolute Gasteiger partial charge is 0.270 e. The Labute approximate surface area is 193 Å². The largest absolute Gasteiger partial charge is 0.507 e. The molecule has 33 heavy (non-hydrogen) atoms. The first kappa shape index (κ1) is 22.3. The highest BCUT2D eigenvalue weighted by Crippen LogP contribution is 2.41. The topological polar surface area (TPSA) is 69.6 Å². The number of para-hydroxylation sites is 1. The summed E-state index contributed by atoms with van der Waals surface area (Å²) in [5.41, 5.74) is 5.70. The average Bonchev–Trinajstić information content (AvgIpc) is 3.00. The van der Waals surface area contributed by atoms with Crippen LogP contribution in [0.3, 0.4) is 0 Å². The van der Waals surface area contributed by atoms with Crippen molar-refractivity contribution in [3.63, 3.8) is 0 Å². The van der Waals surface area contributed by atoms with E-state index >= 15 is 0 Å². The van der Waals surface area contributed by atoms with E-state index in [0.717, 1.165) is 22.6 Å². The van der Waals surface area contributed by atoms with Gasteiger partial charge < -0.3 is 10.0 Å². The SMILES string of the molecule is CN(C)c1ccc(/C=C/C2=[N+](Cc3cc([N+](=O)[O-])ccc3O)c3ccccc3C2(C)C)cc1. The fourth-order valence-corrected chi connectivity index (χ4v) is 4.35. The number of non-ortho nitro benzene ring substituents is 1. The van der Waals surface area contributed by atoms with Crippen molar-refractivity contribution in [1.82, 2.24) is 0 Å². The lowest BCUT2D eigenvalue weighted by Gasteiger charge is -2.15. The third kappa shape index (κ3) is 4.24. The number of fused-ring (bicyclic) bond motifs is 1. The molecule has 168 valence electrons. The van der Waals surface area contributed by atoms with Gasteiger partial charge in [0, 0.05) is 49.6 Å². The normalized spacial score (nSPS) is 14.5. The lowest BCUT2D eigenvalue weighted by molar-refractivity contribution is -0.455. The molecule has 1 aliphatic rings. The first-order valence-electron chi connectivity index (χ1n) is 10.8. The van der Waals surface area contributed by atoms with Crippen molar-refractivity contribution in [2.24, 2.45) is 0 Å². The number of nitro benzene ring substituents is 1. The number of hydrogen-bond acceptors (Lipinski definition) is 4. The van der Waals surface area contributed by atoms with Crippen molar-refractivity contribution >= 4 is 28.8 Å². The fourth-order valence-electron chi connectivity index (χ4n) is 4.35. The van der Waals surface area contributed by atoms with Gasteiger partial charge in [-0.3, -0.25) is 10.1 Å². The van der Waals surface area contributed by atoms with E-state index in [9.17, 15) is 15.2 Å². The van der Waals surface area contributed by atoms with E-state index < -0.39 is 4.92 Å². The molecule has 3 aromatic rings. The molecule has 1 aliphatic heterocycles. The highest BCUT2D eigenvalue weighted by Gasteiger charge is 2.44. The van der Waals surface area contributed by atoms with E-state index in [1.807, 2.05) is 26.2 Å². The maximum Gasteiger partial charge on any atom is 0.270 e. The van der Waals surface area contributed by atoms with E-state index in [2.05, 4.69) is 71.9 Å². The van der Waals surface area contributed by atoms with Gasteiger partial charge in [0.2, 0.25) is 5.69 Å². The minimum absolute atomic E-state index is 0.0346. The van der Waals surface area contributed by atoms with Crippen LogP contribution in [0.1, 0.15) is 30.5 Å². The number of hydrogen-bond donors (Lipinski definition) is 1. The highest BCUT2D eigenvalue weighted by atomic mass is 16.6. The standard InChI is InChI=1S/C27H27N3O3/c1-27(2)23-7-5-6-8-24(23)29(18-20-17-22(30(32)33)14-15-25(20)31)26(27)16-11-19-9-12-21(13-10-19)28(3)4/h5-17H,18H2,1-4H3/p+1. The summed E-state index contributed by atoms with van der Waals surface area (Å²) in [5.74, 6) is 0.0467. The zero-order valence-electron chi connectivity index (χ0n) is 19.3. The fraction of sp³-hybridized carbons (Fsp3) is 0.222. The van der Waals surface area contributed by atoms with Crippen molar-refractivity contribution in [2.75, 3.05) is 19.0 Å². The van der Waals surface area contributed by atoms with Crippen LogP contribution in [0.25, 0.3) is 6.08 Å². The summed E-state index contributed by atoms with van der Waals surface area (Å²) < 4.78 is 2.14. The number of nitro groups is 1. The Kier molecular flexibility index (Phi) is 5.77. The summed E-state index contributed by atoms with van der Waals surface area (Å²) in [7, 11) is 4.03. The minimum atomic E-state index is -0.438. The van der Waals surface area contributed by atoms with Crippen molar-refractivity contribution in [3.8, 4) is 5.75 Å². The van der Waals surface area contributed by atoms with Crippen molar-refractivity contribution in [2.45, 2.75) is 25.8 Å². The zero-order chi connectivity index (χ0) is 23.8. The number of phenols is 1. The average molecular weight is 443 g/mol. The first-order valence-corrected chi connectivity index (χ1v) is 10.8. The molecule has 6 heteroatoms. The monoisotopic (exact) mass is 442 g/mol. The molecule has 1 N–H and O–H groups in total. The number of anilines is 1. The molecule has 0 aromatic heterocycles. The van der Waals surface area contributed by atoms with E-state index in [0.29, 0.717) is 12.1 Å². The summed E-state index contributed by atoms with van der Waals surface area (Å²) in [6, 6.07) is 20.7. The Morgan fingerprint density at radius 1 is 1.03 bits per heavy atom. The van der Waals surface area contributed by atoms with E-state index in [1.165, 1.54) is 23.8 Å². The second kappa shape index (κ2) is 8.54. The quantitative estimate of drug-likeness (QED) is 0.304. The van der Waals surface area contributed by atoms with Gasteiger partial charge in [-0.2, -0.15) is 4.58 Å². The molecule has 1 heterocycles. The third-order valence-corrected chi connectivity index (χ3v) is 6.24. The first-order chi connectivity index (χ1) is 15.7. The van der Waals surface area contributed by atoms with Gasteiger partial charge in [0.15, 0.2) is 12.3 Å². The third-order valence-electron chi connectivity index (χ3n) is 6.24. The Balaban J connectivity index is 1.79. The molecule has 0 atom stereocenters. The minimum Gasteiger partial charge on any atom is -0.507 e. The molecule has 0 bridgehead atoms. The summed E-state index contributed by atoms with van der Waals surface area (Å²) in [6.07, 6.45) is 4.20. The summed E-state index contributed by atoms with van der Waals surface area (Å²) in [4.78, 5) is 12.9. The van der Waals surface area contributed by atoms with Crippen LogP contribution < -0.4 is 4.90 Å².